The molecule has 6 nitrogen and oxygen atoms in total. The summed E-state index contributed by atoms with van der Waals surface area (Å²) in [4.78, 5) is 12.4. The number of carbonyl (C=O) groups excluding carboxylic acids is 1. The van der Waals surface area contributed by atoms with E-state index in [9.17, 15) is 4.79 Å². The maximum atomic E-state index is 12.4. The van der Waals surface area contributed by atoms with Gasteiger partial charge in [0, 0.05) is 0 Å². The Hall–Kier alpha value is -1.89. The molecule has 3 atom stereocenters. The molecule has 1 aliphatic rings. The third-order valence-corrected chi connectivity index (χ3v) is 5.90. The number of carbonyl (C=O) groups is 1. The van der Waals surface area contributed by atoms with Crippen molar-refractivity contribution in [2.24, 2.45) is 17.8 Å². The first kappa shape index (κ1) is 18.9. The van der Waals surface area contributed by atoms with Gasteiger partial charge in [0.2, 0.25) is 5.16 Å². The fourth-order valence-electron chi connectivity index (χ4n) is 3.58. The molecule has 0 spiro atoms. The van der Waals surface area contributed by atoms with Gasteiger partial charge in [0.25, 0.3) is 0 Å². The van der Waals surface area contributed by atoms with Crippen LogP contribution in [0.2, 0.25) is 0 Å². The van der Waals surface area contributed by atoms with Crippen LogP contribution >= 0.6 is 11.8 Å². The van der Waals surface area contributed by atoms with E-state index in [-0.39, 0.29) is 17.8 Å². The normalized spacial score (nSPS) is 23.2. The number of hydrogen-bond donors (Lipinski definition) is 0. The van der Waals surface area contributed by atoms with Crippen molar-refractivity contribution in [3.8, 4) is 5.69 Å². The SMILES string of the molecule is CC1CCC(C(C)C)C(OC(=O)CSc2nnnn2-c2ccccc2)C1. The molecule has 140 valence electrons. The number of ether oxygens (including phenoxy) is 1. The molecule has 0 radical (unpaired) electrons. The summed E-state index contributed by atoms with van der Waals surface area (Å²) in [5.41, 5.74) is 0.870. The third-order valence-electron chi connectivity index (χ3n) is 5.00. The van der Waals surface area contributed by atoms with Gasteiger partial charge in [0.05, 0.1) is 11.4 Å². The molecule has 0 aliphatic heterocycles. The molecule has 2 aromatic rings. The molecule has 1 aromatic heterocycles. The molecule has 0 saturated heterocycles. The number of hydrogen-bond acceptors (Lipinski definition) is 6. The Balaban J connectivity index is 1.59. The lowest BCUT2D eigenvalue weighted by molar-refractivity contribution is -0.152. The Bertz CT molecular complexity index is 719. The molecule has 0 N–H and O–H groups in total. The van der Waals surface area contributed by atoms with Crippen molar-refractivity contribution < 1.29 is 9.53 Å². The predicted molar refractivity (Wildman–Crippen MR) is 101 cm³/mol. The van der Waals surface area contributed by atoms with Gasteiger partial charge >= 0.3 is 5.97 Å². The van der Waals surface area contributed by atoms with Crippen LogP contribution in [0.15, 0.2) is 35.5 Å². The Morgan fingerprint density at radius 2 is 2.08 bits per heavy atom. The first-order valence-electron chi connectivity index (χ1n) is 9.20. The standard InChI is InChI=1S/C19H26N4O2S/c1-13(2)16-10-9-14(3)11-17(16)25-18(24)12-26-19-20-21-22-23(19)15-7-5-4-6-8-15/h4-8,13-14,16-17H,9-12H2,1-3H3. The van der Waals surface area contributed by atoms with E-state index in [4.69, 9.17) is 4.74 Å². The van der Waals surface area contributed by atoms with Crippen molar-refractivity contribution in [1.29, 1.82) is 0 Å². The summed E-state index contributed by atoms with van der Waals surface area (Å²) in [5.74, 6) is 1.61. The highest BCUT2D eigenvalue weighted by molar-refractivity contribution is 7.99. The number of thioether (sulfide) groups is 1. The lowest BCUT2D eigenvalue weighted by atomic mass is 9.75. The van der Waals surface area contributed by atoms with E-state index in [1.807, 2.05) is 30.3 Å². The number of tetrazole rings is 1. The third kappa shape index (κ3) is 4.63. The lowest BCUT2D eigenvalue weighted by Crippen LogP contribution is -2.36. The number of aromatic nitrogens is 4. The van der Waals surface area contributed by atoms with E-state index >= 15 is 0 Å². The predicted octanol–water partition coefficient (Wildman–Crippen LogP) is 3.76. The van der Waals surface area contributed by atoms with Gasteiger partial charge in [-0.2, -0.15) is 4.68 Å². The number of esters is 1. The van der Waals surface area contributed by atoms with Crippen LogP contribution in [0.5, 0.6) is 0 Å². The smallest absolute Gasteiger partial charge is 0.316 e. The van der Waals surface area contributed by atoms with E-state index < -0.39 is 0 Å². The summed E-state index contributed by atoms with van der Waals surface area (Å²) in [6.45, 7) is 6.66. The maximum absolute atomic E-state index is 12.4. The molecule has 1 heterocycles. The molecule has 0 amide bonds. The van der Waals surface area contributed by atoms with Crippen LogP contribution in [-0.4, -0.2) is 38.0 Å². The van der Waals surface area contributed by atoms with E-state index in [2.05, 4.69) is 36.3 Å². The van der Waals surface area contributed by atoms with Gasteiger partial charge in [-0.15, -0.1) is 5.10 Å². The van der Waals surface area contributed by atoms with Crippen LogP contribution in [0.3, 0.4) is 0 Å². The largest absolute Gasteiger partial charge is 0.461 e. The molecule has 3 rings (SSSR count). The lowest BCUT2D eigenvalue weighted by Gasteiger charge is -2.36. The second kappa shape index (κ2) is 8.66. The van der Waals surface area contributed by atoms with E-state index in [0.29, 0.717) is 22.9 Å². The summed E-state index contributed by atoms with van der Waals surface area (Å²) >= 11 is 1.31. The number of rotatable bonds is 6. The van der Waals surface area contributed by atoms with E-state index in [0.717, 1.165) is 18.5 Å². The highest BCUT2D eigenvalue weighted by Crippen LogP contribution is 2.35. The molecule has 1 aromatic carbocycles. The Morgan fingerprint density at radius 3 is 2.81 bits per heavy atom. The highest BCUT2D eigenvalue weighted by atomic mass is 32.2. The zero-order chi connectivity index (χ0) is 18.5. The van der Waals surface area contributed by atoms with Crippen LogP contribution in [0, 0.1) is 17.8 Å². The number of benzene rings is 1. The fourth-order valence-corrected chi connectivity index (χ4v) is 4.25. The Labute approximate surface area is 158 Å². The summed E-state index contributed by atoms with van der Waals surface area (Å²) < 4.78 is 7.48. The molecule has 7 heteroatoms. The average Bonchev–Trinajstić information content (AvgIpc) is 3.09. The zero-order valence-electron chi connectivity index (χ0n) is 15.5. The topological polar surface area (TPSA) is 69.9 Å². The monoisotopic (exact) mass is 374 g/mol. The van der Waals surface area contributed by atoms with Crippen molar-refractivity contribution in [2.45, 2.75) is 51.3 Å². The number of nitrogens with zero attached hydrogens (tertiary/aromatic N) is 4. The van der Waals surface area contributed by atoms with Gasteiger partial charge in [0.15, 0.2) is 0 Å². The summed E-state index contributed by atoms with van der Waals surface area (Å²) in [5, 5.41) is 12.3. The second-order valence-electron chi connectivity index (χ2n) is 7.35. The van der Waals surface area contributed by atoms with E-state index in [1.54, 1.807) is 4.68 Å². The molecular weight excluding hydrogens is 348 g/mol. The molecule has 1 aliphatic carbocycles. The van der Waals surface area contributed by atoms with Gasteiger partial charge < -0.3 is 4.74 Å². The summed E-state index contributed by atoms with van der Waals surface area (Å²) in [6, 6.07) is 9.64. The van der Waals surface area contributed by atoms with Crippen molar-refractivity contribution in [3.63, 3.8) is 0 Å². The average molecular weight is 375 g/mol. The first-order chi connectivity index (χ1) is 12.5. The number of para-hydroxylation sites is 1. The molecule has 0 bridgehead atoms. The first-order valence-corrected chi connectivity index (χ1v) is 10.2. The van der Waals surface area contributed by atoms with Crippen LogP contribution in [-0.2, 0) is 9.53 Å². The Kier molecular flexibility index (Phi) is 6.29. The summed E-state index contributed by atoms with van der Waals surface area (Å²) in [6.07, 6.45) is 3.34. The van der Waals surface area contributed by atoms with Crippen LogP contribution in [0.4, 0.5) is 0 Å². The molecular formula is C19H26N4O2S. The van der Waals surface area contributed by atoms with Gasteiger partial charge in [-0.25, -0.2) is 0 Å². The van der Waals surface area contributed by atoms with Crippen molar-refractivity contribution in [1.82, 2.24) is 20.2 Å². The van der Waals surface area contributed by atoms with Crippen LogP contribution < -0.4 is 0 Å². The molecule has 3 unspecified atom stereocenters. The van der Waals surface area contributed by atoms with Crippen LogP contribution in [0.1, 0.15) is 40.0 Å². The second-order valence-corrected chi connectivity index (χ2v) is 8.29. The highest BCUT2D eigenvalue weighted by Gasteiger charge is 2.33. The fraction of sp³-hybridized carbons (Fsp3) is 0.579. The minimum absolute atomic E-state index is 0.0250. The Morgan fingerprint density at radius 1 is 1.31 bits per heavy atom. The van der Waals surface area contributed by atoms with Crippen LogP contribution in [0.25, 0.3) is 5.69 Å². The quantitative estimate of drug-likeness (QED) is 0.566. The summed E-state index contributed by atoms with van der Waals surface area (Å²) in [7, 11) is 0. The molecule has 1 fully saturated rings. The van der Waals surface area contributed by atoms with Gasteiger partial charge in [-0.1, -0.05) is 57.2 Å². The maximum Gasteiger partial charge on any atom is 0.316 e. The van der Waals surface area contributed by atoms with Gasteiger partial charge in [-0.3, -0.25) is 4.79 Å². The van der Waals surface area contributed by atoms with Crippen molar-refractivity contribution >= 4 is 17.7 Å². The van der Waals surface area contributed by atoms with Crippen molar-refractivity contribution in [2.75, 3.05) is 5.75 Å². The van der Waals surface area contributed by atoms with Gasteiger partial charge in [-0.05, 0) is 53.2 Å². The van der Waals surface area contributed by atoms with E-state index in [1.165, 1.54) is 18.2 Å². The zero-order valence-corrected chi connectivity index (χ0v) is 16.4. The minimum atomic E-state index is -0.192. The van der Waals surface area contributed by atoms with Crippen molar-refractivity contribution in [3.05, 3.63) is 30.3 Å². The van der Waals surface area contributed by atoms with Gasteiger partial charge in [0.1, 0.15) is 6.10 Å². The molecule has 26 heavy (non-hydrogen) atoms. The molecule has 1 saturated carbocycles. The minimum Gasteiger partial charge on any atom is -0.461 e.